The number of nitrogens with zero attached hydrogens (tertiary/aromatic N) is 2. The Morgan fingerprint density at radius 1 is 1.04 bits per heavy atom. The van der Waals surface area contributed by atoms with Crippen molar-refractivity contribution in [1.82, 2.24) is 9.55 Å². The largest absolute Gasteiger partial charge is 1.00 e. The number of carbonyl (C=O) groups excluding carboxylic acids is 1. The molecule has 2 unspecified atom stereocenters. The van der Waals surface area contributed by atoms with Gasteiger partial charge in [-0.1, -0.05) is 42.5 Å². The molecule has 0 aliphatic rings. The summed E-state index contributed by atoms with van der Waals surface area (Å²) in [6.07, 6.45) is -2.01. The van der Waals surface area contributed by atoms with E-state index in [1.807, 2.05) is 59.2 Å². The van der Waals surface area contributed by atoms with Crippen LogP contribution in [0, 0.1) is 0 Å². The normalized spacial score (nSPS) is 13.1. The van der Waals surface area contributed by atoms with E-state index in [2.05, 4.69) is 0 Å². The minimum absolute atomic E-state index is 0. The number of aryl methyl sites for hydroxylation is 1. The summed E-state index contributed by atoms with van der Waals surface area (Å²) in [7, 11) is 0. The molecule has 0 aliphatic carbocycles. The number of aliphatic hydroxyl groups excluding tert-OH is 2. The maximum Gasteiger partial charge on any atom is 1.00 e. The molecule has 0 aliphatic heterocycles. The Balaban J connectivity index is 0.00000261. The summed E-state index contributed by atoms with van der Waals surface area (Å²) >= 11 is 0. The Bertz CT molecular complexity index is 882. The summed E-state index contributed by atoms with van der Waals surface area (Å²) < 4.78 is 2.04. The van der Waals surface area contributed by atoms with Gasteiger partial charge in [-0.15, -0.1) is 0 Å². The predicted octanol–water partition coefficient (Wildman–Crippen LogP) is -1.65. The van der Waals surface area contributed by atoms with Crippen LogP contribution in [-0.4, -0.2) is 37.9 Å². The Morgan fingerprint density at radius 2 is 1.70 bits per heavy atom. The molecule has 0 saturated heterocycles. The number of fused-ring (bicyclic) bond motifs is 1. The SMILES string of the molecule is O=C([O-])CC(O)CC(O)CCn1c(-c2ccccc2)nc2ccccc21.[Na+]. The first-order valence-electron chi connectivity index (χ1n) is 8.61. The molecule has 1 heterocycles. The average molecular weight is 376 g/mol. The molecule has 0 amide bonds. The molecule has 0 fully saturated rings. The Labute approximate surface area is 179 Å². The van der Waals surface area contributed by atoms with Gasteiger partial charge in [0.2, 0.25) is 0 Å². The van der Waals surface area contributed by atoms with Crippen LogP contribution >= 0.6 is 0 Å². The first-order chi connectivity index (χ1) is 12.5. The van der Waals surface area contributed by atoms with Crippen molar-refractivity contribution in [3.05, 3.63) is 54.6 Å². The molecule has 0 saturated carbocycles. The molecule has 6 nitrogen and oxygen atoms in total. The second kappa shape index (κ2) is 10.0. The third-order valence-corrected chi connectivity index (χ3v) is 4.32. The minimum Gasteiger partial charge on any atom is -0.550 e. The number of imidazole rings is 1. The van der Waals surface area contributed by atoms with Crippen molar-refractivity contribution in [3.63, 3.8) is 0 Å². The molecule has 136 valence electrons. The van der Waals surface area contributed by atoms with Gasteiger partial charge in [-0.05, 0) is 25.0 Å². The van der Waals surface area contributed by atoms with Crippen LogP contribution in [-0.2, 0) is 11.3 Å². The molecular formula is C20H21N2NaO4. The van der Waals surface area contributed by atoms with Crippen LogP contribution in [0.5, 0.6) is 0 Å². The van der Waals surface area contributed by atoms with Gasteiger partial charge in [0.05, 0.1) is 23.2 Å². The van der Waals surface area contributed by atoms with Crippen LogP contribution < -0.4 is 34.7 Å². The predicted molar refractivity (Wildman–Crippen MR) is 96.0 cm³/mol. The zero-order valence-corrected chi connectivity index (χ0v) is 17.3. The molecule has 0 spiro atoms. The van der Waals surface area contributed by atoms with Crippen molar-refractivity contribution in [2.24, 2.45) is 0 Å². The minimum atomic E-state index is -1.32. The standard InChI is InChI=1S/C20H22N2O4.Na/c23-15(12-16(24)13-19(25)26)10-11-22-18-9-5-4-8-17(18)21-20(22)14-6-2-1-3-7-14;/h1-9,15-16,23-24H,10-13H2,(H,25,26);/q;+1/p-1. The second-order valence-corrected chi connectivity index (χ2v) is 6.35. The molecule has 3 aromatic rings. The number of carboxylic acid groups (broad SMARTS) is 1. The van der Waals surface area contributed by atoms with Crippen LogP contribution in [0.3, 0.4) is 0 Å². The Hall–Kier alpha value is -1.70. The monoisotopic (exact) mass is 376 g/mol. The van der Waals surface area contributed by atoms with Crippen LogP contribution in [0.15, 0.2) is 54.6 Å². The molecule has 0 radical (unpaired) electrons. The van der Waals surface area contributed by atoms with Gasteiger partial charge >= 0.3 is 29.6 Å². The first-order valence-corrected chi connectivity index (χ1v) is 8.61. The van der Waals surface area contributed by atoms with Crippen molar-refractivity contribution >= 4 is 17.0 Å². The van der Waals surface area contributed by atoms with E-state index in [0.717, 1.165) is 22.4 Å². The number of rotatable bonds is 8. The fraction of sp³-hybridized carbons (Fsp3) is 0.300. The van der Waals surface area contributed by atoms with Gasteiger partial charge in [0.1, 0.15) is 5.82 Å². The van der Waals surface area contributed by atoms with Crippen molar-refractivity contribution in [3.8, 4) is 11.4 Å². The van der Waals surface area contributed by atoms with E-state index >= 15 is 0 Å². The van der Waals surface area contributed by atoms with Gasteiger partial charge < -0.3 is 24.7 Å². The summed E-state index contributed by atoms with van der Waals surface area (Å²) in [5.74, 6) is -0.508. The van der Waals surface area contributed by atoms with Crippen LogP contribution in [0.2, 0.25) is 0 Å². The fourth-order valence-corrected chi connectivity index (χ4v) is 3.10. The van der Waals surface area contributed by atoms with E-state index in [9.17, 15) is 20.1 Å². The quantitative estimate of drug-likeness (QED) is 0.459. The van der Waals surface area contributed by atoms with Crippen molar-refractivity contribution in [2.75, 3.05) is 0 Å². The number of carboxylic acids is 1. The van der Waals surface area contributed by atoms with E-state index < -0.39 is 24.6 Å². The summed E-state index contributed by atoms with van der Waals surface area (Å²) in [5.41, 5.74) is 2.82. The van der Waals surface area contributed by atoms with E-state index in [4.69, 9.17) is 4.98 Å². The maximum absolute atomic E-state index is 10.5. The number of carbonyl (C=O) groups is 1. The smallest absolute Gasteiger partial charge is 0.550 e. The van der Waals surface area contributed by atoms with Crippen molar-refractivity contribution in [2.45, 2.75) is 38.0 Å². The van der Waals surface area contributed by atoms with Crippen LogP contribution in [0.1, 0.15) is 19.3 Å². The molecule has 2 aromatic carbocycles. The summed E-state index contributed by atoms with van der Waals surface area (Å²) in [6.45, 7) is 0.504. The zero-order valence-electron chi connectivity index (χ0n) is 15.3. The van der Waals surface area contributed by atoms with Crippen molar-refractivity contribution in [1.29, 1.82) is 0 Å². The molecule has 7 heteroatoms. The average Bonchev–Trinajstić information content (AvgIpc) is 2.98. The third-order valence-electron chi connectivity index (χ3n) is 4.32. The topological polar surface area (TPSA) is 98.4 Å². The molecule has 0 bridgehead atoms. The van der Waals surface area contributed by atoms with Crippen molar-refractivity contribution < 1.29 is 49.7 Å². The van der Waals surface area contributed by atoms with Gasteiger partial charge in [-0.3, -0.25) is 0 Å². The van der Waals surface area contributed by atoms with Crippen LogP contribution in [0.25, 0.3) is 22.4 Å². The maximum atomic E-state index is 10.5. The molecule has 2 N–H and O–H groups in total. The van der Waals surface area contributed by atoms with Gasteiger partial charge in [-0.2, -0.15) is 0 Å². The zero-order chi connectivity index (χ0) is 18.5. The number of hydrogen-bond acceptors (Lipinski definition) is 5. The van der Waals surface area contributed by atoms with E-state index in [1.54, 1.807) is 0 Å². The fourth-order valence-electron chi connectivity index (χ4n) is 3.10. The third kappa shape index (κ3) is 5.64. The number of aliphatic carboxylic acids is 1. The summed E-state index contributed by atoms with van der Waals surface area (Å²) in [6, 6.07) is 17.6. The van der Waals surface area contributed by atoms with E-state index in [1.165, 1.54) is 0 Å². The second-order valence-electron chi connectivity index (χ2n) is 6.35. The van der Waals surface area contributed by atoms with Gasteiger partial charge in [0.25, 0.3) is 0 Å². The Morgan fingerprint density at radius 3 is 2.41 bits per heavy atom. The summed E-state index contributed by atoms with van der Waals surface area (Å²) in [5, 5.41) is 30.3. The number of benzene rings is 2. The molecule has 3 rings (SSSR count). The number of aromatic nitrogens is 2. The first kappa shape index (κ1) is 21.6. The Kier molecular flexibility index (Phi) is 8.01. The molecule has 1 aromatic heterocycles. The van der Waals surface area contributed by atoms with Gasteiger partial charge in [0.15, 0.2) is 0 Å². The van der Waals surface area contributed by atoms with Crippen LogP contribution in [0.4, 0.5) is 0 Å². The molecular weight excluding hydrogens is 355 g/mol. The molecule has 27 heavy (non-hydrogen) atoms. The van der Waals surface area contributed by atoms with Gasteiger partial charge in [0, 0.05) is 24.5 Å². The number of aliphatic hydroxyl groups is 2. The summed E-state index contributed by atoms with van der Waals surface area (Å²) in [4.78, 5) is 15.2. The van der Waals surface area contributed by atoms with E-state index in [0.29, 0.717) is 13.0 Å². The number of hydrogen-bond donors (Lipinski definition) is 2. The van der Waals surface area contributed by atoms with Gasteiger partial charge in [-0.25, -0.2) is 4.98 Å². The van der Waals surface area contributed by atoms with E-state index in [-0.39, 0.29) is 36.0 Å². The molecule has 2 atom stereocenters. The number of para-hydroxylation sites is 2.